The van der Waals surface area contributed by atoms with Crippen LogP contribution in [0.25, 0.3) is 11.0 Å². The summed E-state index contributed by atoms with van der Waals surface area (Å²) in [6.45, 7) is 4.09. The van der Waals surface area contributed by atoms with Gasteiger partial charge in [0.2, 0.25) is 5.91 Å². The fourth-order valence-corrected chi connectivity index (χ4v) is 3.09. The molecule has 0 aliphatic carbocycles. The highest BCUT2D eigenvalue weighted by atomic mass is 16.5. The Labute approximate surface area is 160 Å². The van der Waals surface area contributed by atoms with Crippen LogP contribution in [0.4, 0.5) is 0 Å². The third kappa shape index (κ3) is 5.33. The molecule has 0 atom stereocenters. The number of benzene rings is 2. The lowest BCUT2D eigenvalue weighted by Gasteiger charge is -2.11. The summed E-state index contributed by atoms with van der Waals surface area (Å²) in [5.41, 5.74) is 2.18. The van der Waals surface area contributed by atoms with Crippen molar-refractivity contribution in [3.05, 3.63) is 60.4 Å². The van der Waals surface area contributed by atoms with Crippen LogP contribution in [0.1, 0.15) is 32.0 Å². The molecule has 1 amide bonds. The number of carbonyl (C=O) groups is 1. The summed E-state index contributed by atoms with van der Waals surface area (Å²) in [6.07, 6.45) is 3.17. The van der Waals surface area contributed by atoms with E-state index in [-0.39, 0.29) is 5.91 Å². The average Bonchev–Trinajstić information content (AvgIpc) is 3.06. The van der Waals surface area contributed by atoms with E-state index in [1.54, 1.807) is 0 Å². The van der Waals surface area contributed by atoms with Crippen molar-refractivity contribution < 1.29 is 9.53 Å². The zero-order valence-electron chi connectivity index (χ0n) is 15.9. The van der Waals surface area contributed by atoms with Gasteiger partial charge < -0.3 is 14.6 Å². The fraction of sp³-hybridized carbons (Fsp3) is 0.364. The number of hydrogen-bond donors (Lipinski definition) is 1. The minimum atomic E-state index is 0.0987. The van der Waals surface area contributed by atoms with Crippen LogP contribution in [0.15, 0.2) is 54.6 Å². The van der Waals surface area contributed by atoms with Crippen molar-refractivity contribution in [3.8, 4) is 5.75 Å². The Morgan fingerprint density at radius 3 is 2.67 bits per heavy atom. The van der Waals surface area contributed by atoms with Crippen molar-refractivity contribution in [2.45, 2.75) is 39.2 Å². The molecule has 0 spiro atoms. The molecule has 27 heavy (non-hydrogen) atoms. The lowest BCUT2D eigenvalue weighted by atomic mass is 10.2. The molecule has 0 aliphatic rings. The highest BCUT2D eigenvalue weighted by Gasteiger charge is 2.10. The maximum atomic E-state index is 11.4. The summed E-state index contributed by atoms with van der Waals surface area (Å²) in [5, 5.41) is 2.93. The Morgan fingerprint density at radius 1 is 1.07 bits per heavy atom. The standard InChI is InChI=1S/C22H27N3O2/c1-2-22(26)23-15-8-14-21-24-19-12-6-7-13-20(19)25(21)16-9-17-27-18-10-4-3-5-11-18/h3-7,10-13H,2,8-9,14-17H2,1H3,(H,23,26). The summed E-state index contributed by atoms with van der Waals surface area (Å²) in [4.78, 5) is 16.2. The third-order valence-electron chi connectivity index (χ3n) is 4.49. The van der Waals surface area contributed by atoms with Gasteiger partial charge in [-0.3, -0.25) is 4.79 Å². The van der Waals surface area contributed by atoms with E-state index < -0.39 is 0 Å². The topological polar surface area (TPSA) is 56.2 Å². The lowest BCUT2D eigenvalue weighted by Crippen LogP contribution is -2.23. The van der Waals surface area contributed by atoms with Crippen LogP contribution in [0.2, 0.25) is 0 Å². The second-order valence-electron chi connectivity index (χ2n) is 6.49. The molecule has 0 saturated carbocycles. The number of ether oxygens (including phenoxy) is 1. The molecule has 2 aromatic carbocycles. The van der Waals surface area contributed by atoms with Crippen molar-refractivity contribution in [2.75, 3.05) is 13.2 Å². The van der Waals surface area contributed by atoms with Crippen LogP contribution < -0.4 is 10.1 Å². The van der Waals surface area contributed by atoms with E-state index in [1.165, 1.54) is 0 Å². The fourth-order valence-electron chi connectivity index (χ4n) is 3.09. The Hall–Kier alpha value is -2.82. The molecule has 0 bridgehead atoms. The van der Waals surface area contributed by atoms with Gasteiger partial charge in [0.1, 0.15) is 11.6 Å². The average molecular weight is 365 g/mol. The van der Waals surface area contributed by atoms with Gasteiger partial charge in [-0.25, -0.2) is 4.98 Å². The molecule has 1 heterocycles. The Morgan fingerprint density at radius 2 is 1.85 bits per heavy atom. The first-order valence-electron chi connectivity index (χ1n) is 9.66. The first-order chi connectivity index (χ1) is 13.3. The first kappa shape index (κ1) is 19.0. The molecule has 142 valence electrons. The third-order valence-corrected chi connectivity index (χ3v) is 4.49. The second kappa shape index (κ2) is 9.76. The molecule has 3 rings (SSSR count). The molecule has 1 N–H and O–H groups in total. The number of nitrogens with one attached hydrogen (secondary N) is 1. The zero-order valence-corrected chi connectivity index (χ0v) is 15.9. The molecule has 0 fully saturated rings. The number of hydrogen-bond acceptors (Lipinski definition) is 3. The van der Waals surface area contributed by atoms with Gasteiger partial charge in [-0.05, 0) is 37.1 Å². The van der Waals surface area contributed by atoms with E-state index >= 15 is 0 Å². The van der Waals surface area contributed by atoms with E-state index in [0.29, 0.717) is 19.6 Å². The highest BCUT2D eigenvalue weighted by molar-refractivity contribution is 5.76. The number of amides is 1. The van der Waals surface area contributed by atoms with Crippen LogP contribution in [0.5, 0.6) is 5.75 Å². The minimum absolute atomic E-state index is 0.0987. The molecular weight excluding hydrogens is 338 g/mol. The number of imidazole rings is 1. The van der Waals surface area contributed by atoms with E-state index in [4.69, 9.17) is 9.72 Å². The van der Waals surface area contributed by atoms with E-state index in [0.717, 1.165) is 48.4 Å². The molecule has 5 nitrogen and oxygen atoms in total. The molecule has 3 aromatic rings. The van der Waals surface area contributed by atoms with Gasteiger partial charge in [0.05, 0.1) is 17.6 Å². The zero-order chi connectivity index (χ0) is 18.9. The highest BCUT2D eigenvalue weighted by Crippen LogP contribution is 2.18. The summed E-state index contributed by atoms with van der Waals surface area (Å²) in [6, 6.07) is 18.1. The van der Waals surface area contributed by atoms with E-state index in [1.807, 2.05) is 49.4 Å². The summed E-state index contributed by atoms with van der Waals surface area (Å²) in [7, 11) is 0. The van der Waals surface area contributed by atoms with E-state index in [9.17, 15) is 4.79 Å². The van der Waals surface area contributed by atoms with Crippen molar-refractivity contribution in [2.24, 2.45) is 0 Å². The predicted octanol–water partition coefficient (Wildman–Crippen LogP) is 3.96. The molecule has 1 aromatic heterocycles. The largest absolute Gasteiger partial charge is 0.494 e. The molecule has 0 saturated heterocycles. The van der Waals surface area contributed by atoms with Crippen LogP contribution in [0, 0.1) is 0 Å². The smallest absolute Gasteiger partial charge is 0.219 e. The number of carbonyl (C=O) groups excluding carboxylic acids is 1. The SMILES string of the molecule is CCC(=O)NCCCc1nc2ccccc2n1CCCOc1ccccc1. The van der Waals surface area contributed by atoms with Gasteiger partial charge in [-0.1, -0.05) is 37.3 Å². The minimum Gasteiger partial charge on any atom is -0.494 e. The number of fused-ring (bicyclic) bond motifs is 1. The predicted molar refractivity (Wildman–Crippen MR) is 108 cm³/mol. The Balaban J connectivity index is 1.59. The number of para-hydroxylation sites is 3. The normalized spacial score (nSPS) is 10.9. The molecule has 0 radical (unpaired) electrons. The summed E-state index contributed by atoms with van der Waals surface area (Å²) < 4.78 is 8.10. The van der Waals surface area contributed by atoms with Gasteiger partial charge in [0, 0.05) is 25.9 Å². The number of rotatable bonds is 10. The molecule has 0 aliphatic heterocycles. The van der Waals surface area contributed by atoms with Crippen molar-refractivity contribution in [1.29, 1.82) is 0 Å². The Kier molecular flexibility index (Phi) is 6.85. The van der Waals surface area contributed by atoms with Crippen LogP contribution in [-0.4, -0.2) is 28.6 Å². The quantitative estimate of drug-likeness (QED) is 0.553. The van der Waals surface area contributed by atoms with Crippen LogP contribution in [-0.2, 0) is 17.8 Å². The molecule has 5 heteroatoms. The van der Waals surface area contributed by atoms with Gasteiger partial charge in [0.25, 0.3) is 0 Å². The summed E-state index contributed by atoms with van der Waals surface area (Å²) in [5.74, 6) is 2.07. The maximum absolute atomic E-state index is 11.4. The van der Waals surface area contributed by atoms with Crippen molar-refractivity contribution in [1.82, 2.24) is 14.9 Å². The number of aryl methyl sites for hydroxylation is 2. The summed E-state index contributed by atoms with van der Waals surface area (Å²) >= 11 is 0. The molecular formula is C22H27N3O2. The van der Waals surface area contributed by atoms with Crippen molar-refractivity contribution in [3.63, 3.8) is 0 Å². The van der Waals surface area contributed by atoms with Crippen molar-refractivity contribution >= 4 is 16.9 Å². The van der Waals surface area contributed by atoms with Gasteiger partial charge in [-0.2, -0.15) is 0 Å². The van der Waals surface area contributed by atoms with Gasteiger partial charge >= 0.3 is 0 Å². The monoisotopic (exact) mass is 365 g/mol. The lowest BCUT2D eigenvalue weighted by molar-refractivity contribution is -0.120. The Bertz CT molecular complexity index is 858. The number of nitrogens with zero attached hydrogens (tertiary/aromatic N) is 2. The van der Waals surface area contributed by atoms with Gasteiger partial charge in [-0.15, -0.1) is 0 Å². The van der Waals surface area contributed by atoms with Crippen LogP contribution >= 0.6 is 0 Å². The maximum Gasteiger partial charge on any atom is 0.219 e. The second-order valence-corrected chi connectivity index (χ2v) is 6.49. The van der Waals surface area contributed by atoms with Crippen LogP contribution in [0.3, 0.4) is 0 Å². The molecule has 0 unspecified atom stereocenters. The van der Waals surface area contributed by atoms with E-state index in [2.05, 4.69) is 22.0 Å². The van der Waals surface area contributed by atoms with Gasteiger partial charge in [0.15, 0.2) is 0 Å². The first-order valence-corrected chi connectivity index (χ1v) is 9.66. The number of aromatic nitrogens is 2.